The first-order chi connectivity index (χ1) is 11.5. The molecule has 0 bridgehead atoms. The Morgan fingerprint density at radius 1 is 0.792 bits per heavy atom. The standard InChI is InChI=1S/C23H25F/c1-7-12-19-18(11-5)23(16-17(6)24)22(15-10-4)21(14-9-3)20(19)13-8-2/h7-16H,2-3,5H2,1,4,6H3/b12-7-,15-10-,17-16+,20-13-,21-14+. The van der Waals surface area contributed by atoms with Gasteiger partial charge in [-0.2, -0.15) is 0 Å². The molecule has 0 aliphatic heterocycles. The molecule has 0 aromatic heterocycles. The predicted molar refractivity (Wildman–Crippen MR) is 109 cm³/mol. The predicted octanol–water partition coefficient (Wildman–Crippen LogP) is 5.66. The van der Waals surface area contributed by atoms with E-state index in [9.17, 15) is 4.39 Å². The van der Waals surface area contributed by atoms with Crippen molar-refractivity contribution in [2.45, 2.75) is 20.8 Å². The van der Waals surface area contributed by atoms with Crippen LogP contribution < -0.4 is 10.4 Å². The molecule has 0 aliphatic carbocycles. The molecule has 0 N–H and O–H groups in total. The van der Waals surface area contributed by atoms with E-state index in [4.69, 9.17) is 0 Å². The van der Waals surface area contributed by atoms with E-state index >= 15 is 0 Å². The van der Waals surface area contributed by atoms with Crippen LogP contribution in [-0.2, 0) is 0 Å². The zero-order chi connectivity index (χ0) is 18.1. The summed E-state index contributed by atoms with van der Waals surface area (Å²) in [6.45, 7) is 16.9. The Labute approximate surface area is 144 Å². The monoisotopic (exact) mass is 320 g/mol. The van der Waals surface area contributed by atoms with Gasteiger partial charge in [-0.15, -0.1) is 0 Å². The average Bonchev–Trinajstić information content (AvgIpc) is 2.54. The molecule has 0 nitrogen and oxygen atoms in total. The number of hydrogen-bond donors (Lipinski definition) is 0. The van der Waals surface area contributed by atoms with E-state index in [1.807, 2.05) is 50.3 Å². The number of rotatable bonds is 6. The quantitative estimate of drug-likeness (QED) is 0.634. The van der Waals surface area contributed by atoms with E-state index < -0.39 is 0 Å². The fourth-order valence-electron chi connectivity index (χ4n) is 2.73. The largest absolute Gasteiger partial charge is 0.212 e. The maximum absolute atomic E-state index is 13.7. The lowest BCUT2D eigenvalue weighted by molar-refractivity contribution is 0.648. The molecule has 0 aliphatic rings. The molecule has 1 heteroatoms. The van der Waals surface area contributed by atoms with Gasteiger partial charge in [0.25, 0.3) is 0 Å². The van der Waals surface area contributed by atoms with Gasteiger partial charge in [-0.25, -0.2) is 4.39 Å². The molecule has 1 aromatic rings. The lowest BCUT2D eigenvalue weighted by Gasteiger charge is -2.14. The number of hydrogen-bond acceptors (Lipinski definition) is 0. The molecular formula is C23H25F. The fraction of sp³-hybridized carbons (Fsp3) is 0.130. The van der Waals surface area contributed by atoms with E-state index in [1.165, 1.54) is 6.92 Å². The summed E-state index contributed by atoms with van der Waals surface area (Å²) in [5.41, 5.74) is 3.63. The molecule has 1 aromatic carbocycles. The van der Waals surface area contributed by atoms with Crippen LogP contribution in [0.15, 0.2) is 49.9 Å². The molecule has 0 radical (unpaired) electrons. The number of benzene rings is 1. The molecule has 0 spiro atoms. The Balaban J connectivity index is 4.41. The molecule has 0 fully saturated rings. The average molecular weight is 320 g/mol. The van der Waals surface area contributed by atoms with Crippen molar-refractivity contribution in [3.05, 3.63) is 82.6 Å². The van der Waals surface area contributed by atoms with Crippen molar-refractivity contribution in [1.82, 2.24) is 0 Å². The van der Waals surface area contributed by atoms with Crippen LogP contribution >= 0.6 is 0 Å². The van der Waals surface area contributed by atoms with Crippen LogP contribution in [0, 0.1) is 0 Å². The van der Waals surface area contributed by atoms with Crippen LogP contribution in [0.4, 0.5) is 4.39 Å². The molecular weight excluding hydrogens is 295 g/mol. The van der Waals surface area contributed by atoms with Gasteiger partial charge in [0.15, 0.2) is 0 Å². The number of allylic oxidation sites excluding steroid dienone is 5. The molecule has 0 atom stereocenters. The Morgan fingerprint density at radius 2 is 1.25 bits per heavy atom. The second-order valence-electron chi connectivity index (χ2n) is 5.22. The highest BCUT2D eigenvalue weighted by Crippen LogP contribution is 2.22. The van der Waals surface area contributed by atoms with Crippen LogP contribution in [0.1, 0.15) is 43.0 Å². The van der Waals surface area contributed by atoms with Crippen molar-refractivity contribution in [2.24, 2.45) is 0 Å². The highest BCUT2D eigenvalue weighted by atomic mass is 19.1. The van der Waals surface area contributed by atoms with Gasteiger partial charge in [0.1, 0.15) is 0 Å². The molecule has 1 rings (SSSR count). The molecule has 24 heavy (non-hydrogen) atoms. The Kier molecular flexibility index (Phi) is 7.64. The van der Waals surface area contributed by atoms with Crippen molar-refractivity contribution < 1.29 is 4.39 Å². The summed E-state index contributed by atoms with van der Waals surface area (Å²) >= 11 is 0. The molecule has 0 saturated carbocycles. The van der Waals surface area contributed by atoms with Gasteiger partial charge in [0, 0.05) is 0 Å². The van der Waals surface area contributed by atoms with Gasteiger partial charge in [-0.1, -0.05) is 74.4 Å². The summed E-state index contributed by atoms with van der Waals surface area (Å²) in [7, 11) is 0. The molecule has 124 valence electrons. The van der Waals surface area contributed by atoms with Crippen LogP contribution in [0.2, 0.25) is 0 Å². The third-order valence-electron chi connectivity index (χ3n) is 3.52. The third-order valence-corrected chi connectivity index (χ3v) is 3.52. The summed E-state index contributed by atoms with van der Waals surface area (Å²) < 4.78 is 13.7. The minimum atomic E-state index is -0.250. The maximum Gasteiger partial charge on any atom is 0.0975 e. The maximum atomic E-state index is 13.7. The second-order valence-corrected chi connectivity index (χ2v) is 5.22. The third kappa shape index (κ3) is 4.20. The zero-order valence-electron chi connectivity index (χ0n) is 14.8. The van der Waals surface area contributed by atoms with E-state index in [-0.39, 0.29) is 5.83 Å². The first-order valence-corrected chi connectivity index (χ1v) is 7.92. The first kappa shape index (κ1) is 19.4. The SMILES string of the molecule is C=C/C=c1/c(/C=C\C)c(C=C)c(/C=C(\C)F)c(/C=C\C)/c1=C/C=C. The van der Waals surface area contributed by atoms with Crippen molar-refractivity contribution in [3.63, 3.8) is 0 Å². The number of halogens is 1. The summed E-state index contributed by atoms with van der Waals surface area (Å²) in [4.78, 5) is 0. The summed E-state index contributed by atoms with van der Waals surface area (Å²) in [5.74, 6) is -0.250. The Hall–Kier alpha value is -2.67. The minimum absolute atomic E-state index is 0.250. The second kappa shape index (κ2) is 9.46. The van der Waals surface area contributed by atoms with Crippen molar-refractivity contribution in [1.29, 1.82) is 0 Å². The molecule has 0 amide bonds. The van der Waals surface area contributed by atoms with Gasteiger partial charge in [0.05, 0.1) is 5.83 Å². The van der Waals surface area contributed by atoms with Crippen LogP contribution in [-0.4, -0.2) is 0 Å². The normalized spacial score (nSPS) is 13.9. The summed E-state index contributed by atoms with van der Waals surface area (Å²) in [6, 6.07) is 0. The van der Waals surface area contributed by atoms with E-state index in [2.05, 4.69) is 19.7 Å². The van der Waals surface area contributed by atoms with Gasteiger partial charge >= 0.3 is 0 Å². The van der Waals surface area contributed by atoms with E-state index in [0.717, 1.165) is 32.7 Å². The highest BCUT2D eigenvalue weighted by Gasteiger charge is 2.11. The van der Waals surface area contributed by atoms with Crippen LogP contribution in [0.3, 0.4) is 0 Å². The van der Waals surface area contributed by atoms with Crippen molar-refractivity contribution in [3.8, 4) is 0 Å². The molecule has 0 unspecified atom stereocenters. The Bertz CT molecular complexity index is 839. The summed E-state index contributed by atoms with van der Waals surface area (Å²) in [5, 5.41) is 1.99. The first-order valence-electron chi connectivity index (χ1n) is 7.92. The van der Waals surface area contributed by atoms with E-state index in [1.54, 1.807) is 24.3 Å². The summed E-state index contributed by atoms with van der Waals surface area (Å²) in [6.07, 6.45) is 18.6. The van der Waals surface area contributed by atoms with Crippen LogP contribution in [0.25, 0.3) is 36.5 Å². The molecule has 0 heterocycles. The van der Waals surface area contributed by atoms with Crippen molar-refractivity contribution in [2.75, 3.05) is 0 Å². The van der Waals surface area contributed by atoms with Crippen LogP contribution in [0.5, 0.6) is 0 Å². The lowest BCUT2D eigenvalue weighted by Crippen LogP contribution is -2.32. The van der Waals surface area contributed by atoms with Crippen molar-refractivity contribution >= 4 is 36.5 Å². The lowest BCUT2D eigenvalue weighted by atomic mass is 9.90. The van der Waals surface area contributed by atoms with Gasteiger partial charge < -0.3 is 0 Å². The fourth-order valence-corrected chi connectivity index (χ4v) is 2.73. The van der Waals surface area contributed by atoms with E-state index in [0.29, 0.717) is 0 Å². The zero-order valence-corrected chi connectivity index (χ0v) is 14.8. The topological polar surface area (TPSA) is 0 Å². The van der Waals surface area contributed by atoms with Gasteiger partial charge in [0.2, 0.25) is 0 Å². The highest BCUT2D eigenvalue weighted by molar-refractivity contribution is 5.81. The van der Waals surface area contributed by atoms with Gasteiger partial charge in [-0.05, 0) is 59.5 Å². The minimum Gasteiger partial charge on any atom is -0.212 e. The Morgan fingerprint density at radius 3 is 1.58 bits per heavy atom. The van der Waals surface area contributed by atoms with Gasteiger partial charge in [-0.3, -0.25) is 0 Å². The smallest absolute Gasteiger partial charge is 0.0975 e. The molecule has 0 saturated heterocycles.